The summed E-state index contributed by atoms with van der Waals surface area (Å²) in [5.41, 5.74) is 8.72. The van der Waals surface area contributed by atoms with Crippen LogP contribution in [0, 0.1) is 0 Å². The molecule has 1 aromatic rings. The van der Waals surface area contributed by atoms with Crippen molar-refractivity contribution >= 4 is 35.9 Å². The minimum atomic E-state index is -0.507. The average Bonchev–Trinajstić information content (AvgIpc) is 2.84. The standard InChI is InChI=1S/C15H15N3O3.ClH/c16-6-9-1-2-11-10(5-9)7-18(13(11)8-19)12-3-4-14(20)17-15(12)21;/h1-2,5,12H,3-4,6-7,16H2,(H,17,20,21);1H. The Morgan fingerprint density at radius 3 is 2.77 bits per heavy atom. The fraction of sp³-hybridized carbons (Fsp3) is 0.333. The third kappa shape index (κ3) is 2.64. The van der Waals surface area contributed by atoms with Crippen molar-refractivity contribution in [3.05, 3.63) is 34.9 Å². The quantitative estimate of drug-likeness (QED) is 0.606. The first-order chi connectivity index (χ1) is 10.1. The van der Waals surface area contributed by atoms with Gasteiger partial charge in [0.2, 0.25) is 11.8 Å². The van der Waals surface area contributed by atoms with E-state index in [0.29, 0.717) is 25.2 Å². The molecule has 0 spiro atoms. The topological polar surface area (TPSA) is 92.5 Å². The van der Waals surface area contributed by atoms with Crippen LogP contribution in [-0.4, -0.2) is 28.7 Å². The maximum atomic E-state index is 12.0. The van der Waals surface area contributed by atoms with E-state index in [1.807, 2.05) is 24.1 Å². The number of nitrogens with one attached hydrogen (secondary N) is 1. The molecule has 0 bridgehead atoms. The van der Waals surface area contributed by atoms with Crippen LogP contribution in [0.1, 0.15) is 29.5 Å². The van der Waals surface area contributed by atoms with Gasteiger partial charge in [0.1, 0.15) is 11.7 Å². The SMILES string of the molecule is Cl.NCc1ccc2c(c1)CN(C1CCC(=O)NC1=O)C2=C=O. The molecule has 1 saturated heterocycles. The Labute approximate surface area is 133 Å². The molecule has 2 aliphatic rings. The van der Waals surface area contributed by atoms with E-state index in [9.17, 15) is 14.4 Å². The molecule has 22 heavy (non-hydrogen) atoms. The lowest BCUT2D eigenvalue weighted by Gasteiger charge is -2.30. The normalized spacial score (nSPS) is 20.1. The van der Waals surface area contributed by atoms with Crippen LogP contribution in [0.5, 0.6) is 0 Å². The van der Waals surface area contributed by atoms with Crippen molar-refractivity contribution in [3.8, 4) is 0 Å². The molecule has 0 saturated carbocycles. The minimum Gasteiger partial charge on any atom is -0.346 e. The zero-order valence-electron chi connectivity index (χ0n) is 11.8. The van der Waals surface area contributed by atoms with Gasteiger partial charge in [0.15, 0.2) is 5.94 Å². The highest BCUT2D eigenvalue weighted by Gasteiger charge is 2.37. The van der Waals surface area contributed by atoms with Crippen molar-refractivity contribution in [2.24, 2.45) is 5.73 Å². The van der Waals surface area contributed by atoms with Crippen LogP contribution in [0.2, 0.25) is 0 Å². The second-order valence-electron chi connectivity index (χ2n) is 5.24. The largest absolute Gasteiger partial charge is 0.346 e. The Morgan fingerprint density at radius 2 is 2.14 bits per heavy atom. The zero-order valence-corrected chi connectivity index (χ0v) is 12.6. The van der Waals surface area contributed by atoms with Gasteiger partial charge in [0, 0.05) is 25.1 Å². The number of piperidine rings is 1. The number of hydrogen-bond donors (Lipinski definition) is 2. The van der Waals surface area contributed by atoms with Crippen LogP contribution < -0.4 is 11.1 Å². The van der Waals surface area contributed by atoms with Crippen molar-refractivity contribution in [1.29, 1.82) is 0 Å². The molecule has 0 aliphatic carbocycles. The van der Waals surface area contributed by atoms with E-state index in [-0.39, 0.29) is 30.6 Å². The van der Waals surface area contributed by atoms with Gasteiger partial charge in [0.25, 0.3) is 0 Å². The highest BCUT2D eigenvalue weighted by molar-refractivity contribution is 6.02. The average molecular weight is 322 g/mol. The molecule has 2 amide bonds. The number of amides is 2. The maximum Gasteiger partial charge on any atom is 0.249 e. The first-order valence-electron chi connectivity index (χ1n) is 6.81. The van der Waals surface area contributed by atoms with Gasteiger partial charge in [-0.15, -0.1) is 12.4 Å². The molecule has 116 valence electrons. The van der Waals surface area contributed by atoms with Gasteiger partial charge in [-0.1, -0.05) is 18.2 Å². The Kier molecular flexibility index (Phi) is 4.66. The fourth-order valence-corrected chi connectivity index (χ4v) is 2.91. The van der Waals surface area contributed by atoms with Gasteiger partial charge < -0.3 is 10.6 Å². The number of carbonyl (C=O) groups excluding carboxylic acids is 3. The molecule has 0 aromatic heterocycles. The van der Waals surface area contributed by atoms with Gasteiger partial charge in [-0.05, 0) is 17.5 Å². The minimum absolute atomic E-state index is 0. The Bertz CT molecular complexity index is 683. The van der Waals surface area contributed by atoms with E-state index in [2.05, 4.69) is 5.32 Å². The van der Waals surface area contributed by atoms with Crippen LogP contribution in [0.15, 0.2) is 18.2 Å². The third-order valence-electron chi connectivity index (χ3n) is 3.97. The molecule has 2 heterocycles. The highest BCUT2D eigenvalue weighted by Crippen LogP contribution is 2.34. The molecule has 3 rings (SSSR count). The second kappa shape index (κ2) is 6.32. The number of nitrogens with zero attached hydrogens (tertiary/aromatic N) is 1. The number of carbonyl (C=O) groups is 2. The number of imide groups is 1. The molecule has 3 N–H and O–H groups in total. The lowest BCUT2D eigenvalue weighted by atomic mass is 10.0. The number of nitrogens with two attached hydrogens (primary N) is 1. The van der Waals surface area contributed by atoms with Gasteiger partial charge in [0.05, 0.1) is 0 Å². The molecule has 0 radical (unpaired) electrons. The van der Waals surface area contributed by atoms with Crippen molar-refractivity contribution in [2.45, 2.75) is 32.0 Å². The summed E-state index contributed by atoms with van der Waals surface area (Å²) >= 11 is 0. The maximum absolute atomic E-state index is 12.0. The second-order valence-corrected chi connectivity index (χ2v) is 5.24. The zero-order chi connectivity index (χ0) is 15.0. The summed E-state index contributed by atoms with van der Waals surface area (Å²) in [4.78, 5) is 36.3. The van der Waals surface area contributed by atoms with Crippen molar-refractivity contribution in [3.63, 3.8) is 0 Å². The Hall–Kier alpha value is -2.14. The third-order valence-corrected chi connectivity index (χ3v) is 3.97. The van der Waals surface area contributed by atoms with Crippen LogP contribution in [0.25, 0.3) is 5.70 Å². The van der Waals surface area contributed by atoms with Crippen LogP contribution >= 0.6 is 12.4 Å². The van der Waals surface area contributed by atoms with E-state index in [1.54, 1.807) is 4.90 Å². The molecule has 1 atom stereocenters. The molecular formula is C15H16ClN3O3. The highest BCUT2D eigenvalue weighted by atomic mass is 35.5. The smallest absolute Gasteiger partial charge is 0.249 e. The van der Waals surface area contributed by atoms with Crippen molar-refractivity contribution < 1.29 is 14.4 Å². The first-order valence-corrected chi connectivity index (χ1v) is 6.81. The molecule has 2 aliphatic heterocycles. The number of rotatable bonds is 2. The van der Waals surface area contributed by atoms with Gasteiger partial charge in [-0.25, -0.2) is 4.79 Å². The van der Waals surface area contributed by atoms with E-state index in [4.69, 9.17) is 5.73 Å². The Morgan fingerprint density at radius 1 is 1.36 bits per heavy atom. The lowest BCUT2D eigenvalue weighted by Crippen LogP contribution is -2.50. The van der Waals surface area contributed by atoms with Crippen molar-refractivity contribution in [1.82, 2.24) is 10.2 Å². The van der Waals surface area contributed by atoms with Crippen LogP contribution in [0.3, 0.4) is 0 Å². The summed E-state index contributed by atoms with van der Waals surface area (Å²) in [6.07, 6.45) is 0.691. The monoisotopic (exact) mass is 321 g/mol. The van der Waals surface area contributed by atoms with Crippen LogP contribution in [0.4, 0.5) is 0 Å². The molecule has 1 unspecified atom stereocenters. The number of halogens is 1. The molecule has 7 heteroatoms. The number of benzene rings is 1. The summed E-state index contributed by atoms with van der Waals surface area (Å²) in [5.74, 6) is 1.31. The first kappa shape index (κ1) is 16.2. The number of hydrogen-bond acceptors (Lipinski definition) is 5. The Balaban J connectivity index is 0.00000176. The molecule has 1 aromatic carbocycles. The fourth-order valence-electron chi connectivity index (χ4n) is 2.91. The lowest BCUT2D eigenvalue weighted by molar-refractivity contribution is -0.136. The molecule has 6 nitrogen and oxygen atoms in total. The van der Waals surface area contributed by atoms with Crippen molar-refractivity contribution in [2.75, 3.05) is 0 Å². The van der Waals surface area contributed by atoms with Gasteiger partial charge in [-0.3, -0.25) is 14.9 Å². The van der Waals surface area contributed by atoms with E-state index in [1.165, 1.54) is 0 Å². The van der Waals surface area contributed by atoms with E-state index in [0.717, 1.165) is 16.7 Å². The summed E-state index contributed by atoms with van der Waals surface area (Å²) in [7, 11) is 0. The summed E-state index contributed by atoms with van der Waals surface area (Å²) in [6.45, 7) is 0.881. The number of fused-ring (bicyclic) bond motifs is 1. The van der Waals surface area contributed by atoms with E-state index >= 15 is 0 Å². The summed E-state index contributed by atoms with van der Waals surface area (Å²) in [6, 6.07) is 5.14. The molecule has 1 fully saturated rings. The predicted octanol–water partition coefficient (Wildman–Crippen LogP) is 0.360. The van der Waals surface area contributed by atoms with Gasteiger partial charge >= 0.3 is 0 Å². The predicted molar refractivity (Wildman–Crippen MR) is 82.4 cm³/mol. The molecular weight excluding hydrogens is 306 g/mol. The summed E-state index contributed by atoms with van der Waals surface area (Å²) < 4.78 is 0. The van der Waals surface area contributed by atoms with Crippen LogP contribution in [-0.2, 0) is 27.5 Å². The summed E-state index contributed by atoms with van der Waals surface area (Å²) in [5, 5.41) is 2.32. The van der Waals surface area contributed by atoms with Gasteiger partial charge in [-0.2, -0.15) is 0 Å². The van der Waals surface area contributed by atoms with E-state index < -0.39 is 6.04 Å².